The van der Waals surface area contributed by atoms with E-state index in [1.807, 2.05) is 22.6 Å². The first-order valence-corrected chi connectivity index (χ1v) is 12.7. The van der Waals surface area contributed by atoms with Gasteiger partial charge >= 0.3 is 0 Å². The summed E-state index contributed by atoms with van der Waals surface area (Å²) in [7, 11) is 1.44. The van der Waals surface area contributed by atoms with E-state index in [1.54, 1.807) is 36.0 Å². The zero-order valence-electron chi connectivity index (χ0n) is 20.1. The molecule has 0 aliphatic rings. The summed E-state index contributed by atoms with van der Waals surface area (Å²) < 4.78 is 23.2. The molecule has 0 bridgehead atoms. The SMILES string of the molecule is CC[C@@H](C(=O)Nc1ccc(C(N)=O)c(F)c1)n1cc(OC)c(-c2cc(Cl)ccc2-n2cc(I)nn2)cc1=O. The Kier molecular flexibility index (Phi) is 8.11. The van der Waals surface area contributed by atoms with E-state index in [1.165, 1.54) is 36.1 Å². The fourth-order valence-electron chi connectivity index (χ4n) is 3.96. The molecule has 0 aliphatic heterocycles. The minimum Gasteiger partial charge on any atom is -0.495 e. The van der Waals surface area contributed by atoms with Crippen LogP contribution in [-0.4, -0.2) is 38.5 Å². The lowest BCUT2D eigenvalue weighted by Gasteiger charge is -2.21. The molecule has 10 nitrogen and oxygen atoms in total. The zero-order valence-corrected chi connectivity index (χ0v) is 23.0. The molecule has 2 heterocycles. The molecule has 1 atom stereocenters. The van der Waals surface area contributed by atoms with Crippen molar-refractivity contribution in [3.63, 3.8) is 0 Å². The van der Waals surface area contributed by atoms with Crippen LogP contribution in [0.2, 0.25) is 5.02 Å². The molecule has 0 spiro atoms. The normalized spacial score (nSPS) is 11.7. The first kappa shape index (κ1) is 27.3. The summed E-state index contributed by atoms with van der Waals surface area (Å²) >= 11 is 8.32. The van der Waals surface area contributed by atoms with Gasteiger partial charge in [0.25, 0.3) is 11.5 Å². The van der Waals surface area contributed by atoms with Gasteiger partial charge in [-0.25, -0.2) is 9.07 Å². The quantitative estimate of drug-likeness (QED) is 0.275. The van der Waals surface area contributed by atoms with Gasteiger partial charge in [-0.05, 0) is 65.4 Å². The third-order valence-corrected chi connectivity index (χ3v) is 6.48. The highest BCUT2D eigenvalue weighted by molar-refractivity contribution is 14.1. The van der Waals surface area contributed by atoms with Crippen molar-refractivity contribution in [2.75, 3.05) is 12.4 Å². The lowest BCUT2D eigenvalue weighted by atomic mass is 10.0. The van der Waals surface area contributed by atoms with Gasteiger partial charge in [0.2, 0.25) is 5.91 Å². The molecular weight excluding hydrogens is 630 g/mol. The predicted octanol–water partition coefficient (Wildman–Crippen LogP) is 4.19. The van der Waals surface area contributed by atoms with Crippen LogP contribution < -0.4 is 21.3 Å². The Hall–Kier alpha value is -3.78. The van der Waals surface area contributed by atoms with Crippen molar-refractivity contribution in [2.24, 2.45) is 5.73 Å². The second-order valence-electron chi connectivity index (χ2n) is 8.12. The lowest BCUT2D eigenvalue weighted by molar-refractivity contribution is -0.119. The Morgan fingerprint density at radius 1 is 1.18 bits per heavy atom. The van der Waals surface area contributed by atoms with Crippen LogP contribution in [0.1, 0.15) is 29.7 Å². The number of halogens is 3. The molecule has 4 rings (SSSR count). The smallest absolute Gasteiger partial charge is 0.252 e. The second-order valence-corrected chi connectivity index (χ2v) is 9.66. The molecule has 2 aromatic carbocycles. The van der Waals surface area contributed by atoms with Crippen LogP contribution in [0.25, 0.3) is 16.8 Å². The number of hydrogen-bond donors (Lipinski definition) is 2. The van der Waals surface area contributed by atoms with E-state index in [4.69, 9.17) is 22.1 Å². The summed E-state index contributed by atoms with van der Waals surface area (Å²) in [4.78, 5) is 37.7. The number of carbonyl (C=O) groups is 2. The summed E-state index contributed by atoms with van der Waals surface area (Å²) in [5.74, 6) is -2.04. The van der Waals surface area contributed by atoms with Gasteiger partial charge in [-0.2, -0.15) is 0 Å². The molecule has 4 aromatic rings. The van der Waals surface area contributed by atoms with Crippen molar-refractivity contribution in [2.45, 2.75) is 19.4 Å². The maximum atomic E-state index is 14.2. The minimum atomic E-state index is -0.944. The number of amides is 2. The topological polar surface area (TPSA) is 134 Å². The number of carbonyl (C=O) groups excluding carboxylic acids is 2. The summed E-state index contributed by atoms with van der Waals surface area (Å²) in [6.45, 7) is 1.73. The zero-order chi connectivity index (χ0) is 27.6. The molecule has 13 heteroatoms. The predicted molar refractivity (Wildman–Crippen MR) is 148 cm³/mol. The third-order valence-electron chi connectivity index (χ3n) is 5.75. The number of nitrogens with two attached hydrogens (primary N) is 1. The molecule has 0 fully saturated rings. The van der Waals surface area contributed by atoms with Crippen LogP contribution in [0.3, 0.4) is 0 Å². The van der Waals surface area contributed by atoms with Crippen LogP contribution in [0.15, 0.2) is 59.7 Å². The van der Waals surface area contributed by atoms with Gasteiger partial charge in [0.05, 0.1) is 30.8 Å². The van der Waals surface area contributed by atoms with Gasteiger partial charge in [-0.1, -0.05) is 23.7 Å². The van der Waals surface area contributed by atoms with Crippen LogP contribution in [-0.2, 0) is 4.79 Å². The number of anilines is 1. The largest absolute Gasteiger partial charge is 0.495 e. The van der Waals surface area contributed by atoms with E-state index in [0.717, 1.165) is 6.07 Å². The van der Waals surface area contributed by atoms with E-state index >= 15 is 0 Å². The van der Waals surface area contributed by atoms with Gasteiger partial charge in [0, 0.05) is 27.9 Å². The molecule has 3 N–H and O–H groups in total. The number of benzene rings is 2. The third kappa shape index (κ3) is 5.55. The van der Waals surface area contributed by atoms with Crippen LogP contribution in [0.4, 0.5) is 10.1 Å². The van der Waals surface area contributed by atoms with Crippen molar-refractivity contribution >= 4 is 51.7 Å². The molecular formula is C25H21ClFIN6O4. The Morgan fingerprint density at radius 2 is 1.95 bits per heavy atom. The minimum absolute atomic E-state index is 0.110. The lowest BCUT2D eigenvalue weighted by Crippen LogP contribution is -2.32. The second kappa shape index (κ2) is 11.3. The van der Waals surface area contributed by atoms with E-state index < -0.39 is 29.2 Å². The fourth-order valence-corrected chi connectivity index (χ4v) is 4.49. The number of pyridine rings is 1. The van der Waals surface area contributed by atoms with Crippen molar-refractivity contribution < 1.29 is 18.7 Å². The average Bonchev–Trinajstić information content (AvgIpc) is 3.30. The Morgan fingerprint density at radius 3 is 2.55 bits per heavy atom. The number of hydrogen-bond acceptors (Lipinski definition) is 6. The molecule has 196 valence electrons. The maximum absolute atomic E-state index is 14.2. The number of aromatic nitrogens is 4. The molecule has 0 saturated heterocycles. The van der Waals surface area contributed by atoms with Crippen molar-refractivity contribution in [1.29, 1.82) is 0 Å². The summed E-state index contributed by atoms with van der Waals surface area (Å²) in [5.41, 5.74) is 6.10. The summed E-state index contributed by atoms with van der Waals surface area (Å²) in [5, 5.41) is 11.1. The maximum Gasteiger partial charge on any atom is 0.252 e. The number of nitrogens with zero attached hydrogens (tertiary/aromatic N) is 4. The van der Waals surface area contributed by atoms with Gasteiger partial charge in [0.1, 0.15) is 21.3 Å². The molecule has 2 amide bonds. The van der Waals surface area contributed by atoms with Gasteiger partial charge < -0.3 is 15.8 Å². The van der Waals surface area contributed by atoms with Crippen molar-refractivity contribution in [3.8, 4) is 22.6 Å². The average molecular weight is 651 g/mol. The Labute approximate surface area is 234 Å². The number of ether oxygens (including phenoxy) is 1. The van der Waals surface area contributed by atoms with E-state index in [2.05, 4.69) is 15.6 Å². The Balaban J connectivity index is 1.73. The molecule has 0 unspecified atom stereocenters. The highest BCUT2D eigenvalue weighted by Gasteiger charge is 2.23. The molecule has 0 aliphatic carbocycles. The highest BCUT2D eigenvalue weighted by atomic mass is 127. The number of primary amides is 1. The number of methoxy groups -OCH3 is 1. The molecule has 2 aromatic heterocycles. The monoisotopic (exact) mass is 650 g/mol. The van der Waals surface area contributed by atoms with Crippen molar-refractivity contribution in [1.82, 2.24) is 19.6 Å². The molecule has 0 saturated carbocycles. The fraction of sp³-hybridized carbons (Fsp3) is 0.160. The van der Waals surface area contributed by atoms with Gasteiger partial charge in [-0.15, -0.1) is 5.10 Å². The van der Waals surface area contributed by atoms with Crippen LogP contribution in [0.5, 0.6) is 5.75 Å². The number of nitrogens with one attached hydrogen (secondary N) is 1. The standard InChI is InChI=1S/C25H21ClFIN6O4/c1-3-19(25(37)30-14-5-6-15(24(29)36)18(27)9-14)33-11-21(38-2)17(10-23(33)35)16-8-13(26)4-7-20(16)34-12-22(28)31-32-34/h4-12,19H,3H2,1-2H3,(H2,29,36)(H,30,37)/t19-/m0/s1. The first-order chi connectivity index (χ1) is 18.1. The number of rotatable bonds is 8. The van der Waals surface area contributed by atoms with Gasteiger partial charge in [-0.3, -0.25) is 19.0 Å². The van der Waals surface area contributed by atoms with E-state index in [-0.39, 0.29) is 17.7 Å². The Bertz CT molecular complexity index is 1610. The van der Waals surface area contributed by atoms with Crippen LogP contribution >= 0.6 is 34.2 Å². The van der Waals surface area contributed by atoms with Crippen molar-refractivity contribution in [3.05, 3.63) is 85.3 Å². The molecule has 0 radical (unpaired) electrons. The molecule has 38 heavy (non-hydrogen) atoms. The highest BCUT2D eigenvalue weighted by Crippen LogP contribution is 2.35. The summed E-state index contributed by atoms with van der Waals surface area (Å²) in [6.07, 6.45) is 3.41. The first-order valence-electron chi connectivity index (χ1n) is 11.2. The van der Waals surface area contributed by atoms with E-state index in [9.17, 15) is 18.8 Å². The summed E-state index contributed by atoms with van der Waals surface area (Å²) in [6, 6.07) is 9.05. The van der Waals surface area contributed by atoms with Gasteiger partial charge in [0.15, 0.2) is 0 Å². The van der Waals surface area contributed by atoms with E-state index in [0.29, 0.717) is 31.3 Å². The van der Waals surface area contributed by atoms with Crippen LogP contribution in [0, 0.1) is 9.52 Å².